The molecule has 2 N–H and O–H groups in total. The van der Waals surface area contributed by atoms with E-state index in [0.29, 0.717) is 18.6 Å². The zero-order valence-corrected chi connectivity index (χ0v) is 14.5. The predicted octanol–water partition coefficient (Wildman–Crippen LogP) is 3.01. The molecule has 2 aliphatic heterocycles. The Morgan fingerprint density at radius 3 is 3.00 bits per heavy atom. The Bertz CT molecular complexity index is 1020. The molecule has 0 fully saturated rings. The molecule has 6 heteroatoms. The van der Waals surface area contributed by atoms with Gasteiger partial charge in [0.1, 0.15) is 17.7 Å². The van der Waals surface area contributed by atoms with Crippen molar-refractivity contribution in [3.05, 3.63) is 71.4 Å². The third-order valence-corrected chi connectivity index (χ3v) is 5.53. The first-order valence-electron chi connectivity index (χ1n) is 9.04. The molecule has 0 bridgehead atoms. The van der Waals surface area contributed by atoms with E-state index in [4.69, 9.17) is 4.74 Å². The molecule has 3 heterocycles. The van der Waals surface area contributed by atoms with E-state index < -0.39 is 11.9 Å². The Hall–Kier alpha value is -2.70. The summed E-state index contributed by atoms with van der Waals surface area (Å²) >= 11 is 0. The minimum absolute atomic E-state index is 0.0946. The van der Waals surface area contributed by atoms with E-state index in [0.717, 1.165) is 22.4 Å². The molecular formula is C21H19FN2O3. The van der Waals surface area contributed by atoms with Crippen LogP contribution in [0.15, 0.2) is 48.9 Å². The standard InChI is InChI=1S/C21H19FN2O3/c22-17-7-21-12(5-13(10-25)27-21)6-16(17)20(26)8-18-14-3-1-2-4-15(14)19-9-23-11-24(18)19/h1-4,6-7,9,11,13,18,20,25-26H,5,8,10H2. The molecule has 2 aliphatic rings. The summed E-state index contributed by atoms with van der Waals surface area (Å²) in [6.45, 7) is -0.115. The largest absolute Gasteiger partial charge is 0.487 e. The topological polar surface area (TPSA) is 67.5 Å². The highest BCUT2D eigenvalue weighted by atomic mass is 19.1. The Kier molecular flexibility index (Phi) is 3.77. The maximum Gasteiger partial charge on any atom is 0.132 e. The zero-order valence-electron chi connectivity index (χ0n) is 14.5. The molecule has 138 valence electrons. The number of aromatic nitrogens is 2. The van der Waals surface area contributed by atoms with E-state index in [9.17, 15) is 14.6 Å². The van der Waals surface area contributed by atoms with E-state index >= 15 is 0 Å². The van der Waals surface area contributed by atoms with E-state index in [2.05, 4.69) is 4.98 Å². The molecule has 2 aromatic carbocycles. The normalized spacial score (nSPS) is 20.7. The summed E-state index contributed by atoms with van der Waals surface area (Å²) in [6.07, 6.45) is 3.13. The molecule has 3 aromatic rings. The lowest BCUT2D eigenvalue weighted by molar-refractivity contribution is 0.134. The quantitative estimate of drug-likeness (QED) is 0.745. The molecule has 0 aliphatic carbocycles. The van der Waals surface area contributed by atoms with Crippen molar-refractivity contribution in [3.63, 3.8) is 0 Å². The van der Waals surface area contributed by atoms with Gasteiger partial charge in [-0.05, 0) is 17.2 Å². The van der Waals surface area contributed by atoms with Crippen molar-refractivity contribution in [1.82, 2.24) is 9.55 Å². The van der Waals surface area contributed by atoms with Crippen molar-refractivity contribution >= 4 is 0 Å². The van der Waals surface area contributed by atoms with Gasteiger partial charge in [0.25, 0.3) is 0 Å². The van der Waals surface area contributed by atoms with Crippen LogP contribution in [0.5, 0.6) is 5.75 Å². The molecule has 0 saturated heterocycles. The average molecular weight is 366 g/mol. The Morgan fingerprint density at radius 2 is 2.15 bits per heavy atom. The van der Waals surface area contributed by atoms with Crippen molar-refractivity contribution in [2.45, 2.75) is 31.1 Å². The van der Waals surface area contributed by atoms with Gasteiger partial charge in [0.05, 0.1) is 37.0 Å². The van der Waals surface area contributed by atoms with Crippen LogP contribution < -0.4 is 4.74 Å². The van der Waals surface area contributed by atoms with Gasteiger partial charge in [0.2, 0.25) is 0 Å². The molecule has 27 heavy (non-hydrogen) atoms. The predicted molar refractivity (Wildman–Crippen MR) is 97.0 cm³/mol. The lowest BCUT2D eigenvalue weighted by Gasteiger charge is -2.20. The van der Waals surface area contributed by atoms with Gasteiger partial charge >= 0.3 is 0 Å². The van der Waals surface area contributed by atoms with Crippen LogP contribution in [-0.2, 0) is 6.42 Å². The van der Waals surface area contributed by atoms with Crippen molar-refractivity contribution in [2.24, 2.45) is 0 Å². The second-order valence-corrected chi connectivity index (χ2v) is 7.15. The number of aliphatic hydroxyl groups excluding tert-OH is 2. The van der Waals surface area contributed by atoms with Gasteiger partial charge in [-0.2, -0.15) is 0 Å². The summed E-state index contributed by atoms with van der Waals surface area (Å²) in [5.41, 5.74) is 4.30. The first-order valence-corrected chi connectivity index (χ1v) is 9.04. The average Bonchev–Trinajstić information content (AvgIpc) is 3.36. The summed E-state index contributed by atoms with van der Waals surface area (Å²) in [6, 6.07) is 10.9. The number of nitrogens with zero attached hydrogens (tertiary/aromatic N) is 2. The monoisotopic (exact) mass is 366 g/mol. The first-order chi connectivity index (χ1) is 13.2. The van der Waals surface area contributed by atoms with Gasteiger partial charge in [0, 0.05) is 30.0 Å². The van der Waals surface area contributed by atoms with Crippen LogP contribution in [0.25, 0.3) is 11.3 Å². The zero-order chi connectivity index (χ0) is 18.5. The number of ether oxygens (including phenoxy) is 1. The summed E-state index contributed by atoms with van der Waals surface area (Å²) < 4.78 is 22.1. The molecule has 3 unspecified atom stereocenters. The second kappa shape index (κ2) is 6.18. The highest BCUT2D eigenvalue weighted by Crippen LogP contribution is 2.43. The van der Waals surface area contributed by atoms with Crippen LogP contribution in [0.4, 0.5) is 4.39 Å². The van der Waals surface area contributed by atoms with Crippen molar-refractivity contribution in [2.75, 3.05) is 6.61 Å². The number of fused-ring (bicyclic) bond motifs is 4. The number of aliphatic hydroxyl groups is 2. The first kappa shape index (κ1) is 16.5. The second-order valence-electron chi connectivity index (χ2n) is 7.15. The van der Waals surface area contributed by atoms with Crippen LogP contribution in [-0.4, -0.2) is 32.5 Å². The van der Waals surface area contributed by atoms with Crippen LogP contribution >= 0.6 is 0 Å². The fourth-order valence-electron chi connectivity index (χ4n) is 4.22. The van der Waals surface area contributed by atoms with E-state index in [1.165, 1.54) is 6.07 Å². The van der Waals surface area contributed by atoms with Gasteiger partial charge in [0.15, 0.2) is 0 Å². The smallest absolute Gasteiger partial charge is 0.132 e. The molecule has 5 rings (SSSR count). The number of rotatable bonds is 4. The third kappa shape index (κ3) is 2.56. The lowest BCUT2D eigenvalue weighted by atomic mass is 9.94. The SMILES string of the molecule is OCC1Cc2cc(C(O)CC3c4ccccc4-c4cncn43)c(F)cc2O1. The molecule has 1 aromatic heterocycles. The van der Waals surface area contributed by atoms with Crippen LogP contribution in [0.1, 0.15) is 35.3 Å². The highest BCUT2D eigenvalue weighted by Gasteiger charge is 2.32. The summed E-state index contributed by atoms with van der Waals surface area (Å²) in [5, 5.41) is 20.1. The van der Waals surface area contributed by atoms with Gasteiger partial charge in [-0.25, -0.2) is 9.37 Å². The minimum Gasteiger partial charge on any atom is -0.487 e. The molecule has 0 spiro atoms. The fraction of sp³-hybridized carbons (Fsp3) is 0.286. The number of benzene rings is 2. The van der Waals surface area contributed by atoms with E-state index in [1.807, 2.05) is 35.0 Å². The van der Waals surface area contributed by atoms with Crippen molar-refractivity contribution in [3.8, 4) is 17.0 Å². The highest BCUT2D eigenvalue weighted by molar-refractivity contribution is 5.69. The van der Waals surface area contributed by atoms with Gasteiger partial charge < -0.3 is 19.5 Å². The molecule has 0 amide bonds. The number of hydrogen-bond donors (Lipinski definition) is 2. The maximum atomic E-state index is 14.6. The third-order valence-electron chi connectivity index (χ3n) is 5.53. The Morgan fingerprint density at radius 1 is 1.30 bits per heavy atom. The molecule has 0 saturated carbocycles. The van der Waals surface area contributed by atoms with E-state index in [1.54, 1.807) is 12.4 Å². The lowest BCUT2D eigenvalue weighted by Crippen LogP contribution is -2.17. The van der Waals surface area contributed by atoms with Crippen LogP contribution in [0, 0.1) is 5.82 Å². The number of hydrogen-bond acceptors (Lipinski definition) is 4. The van der Waals surface area contributed by atoms with Gasteiger partial charge in [-0.15, -0.1) is 0 Å². The number of halogens is 1. The Labute approximate surface area is 155 Å². The van der Waals surface area contributed by atoms with Crippen molar-refractivity contribution in [1.29, 1.82) is 0 Å². The Balaban J connectivity index is 1.46. The van der Waals surface area contributed by atoms with Crippen molar-refractivity contribution < 1.29 is 19.3 Å². The molecular weight excluding hydrogens is 347 g/mol. The van der Waals surface area contributed by atoms with Crippen LogP contribution in [0.2, 0.25) is 0 Å². The maximum absolute atomic E-state index is 14.6. The van der Waals surface area contributed by atoms with Crippen LogP contribution in [0.3, 0.4) is 0 Å². The summed E-state index contributed by atoms with van der Waals surface area (Å²) in [7, 11) is 0. The molecule has 5 nitrogen and oxygen atoms in total. The summed E-state index contributed by atoms with van der Waals surface area (Å²) in [4.78, 5) is 4.22. The van der Waals surface area contributed by atoms with E-state index in [-0.39, 0.29) is 24.3 Å². The summed E-state index contributed by atoms with van der Waals surface area (Å²) in [5.74, 6) is -0.0393. The number of imidazole rings is 1. The fourth-order valence-corrected chi connectivity index (χ4v) is 4.22. The molecule has 0 radical (unpaired) electrons. The molecule has 3 atom stereocenters. The minimum atomic E-state index is -0.963. The van der Waals surface area contributed by atoms with Gasteiger partial charge in [-0.3, -0.25) is 0 Å². The van der Waals surface area contributed by atoms with Gasteiger partial charge in [-0.1, -0.05) is 24.3 Å².